The number of ether oxygens (including phenoxy) is 2. The average Bonchev–Trinajstić information content (AvgIpc) is 2.73. The van der Waals surface area contributed by atoms with E-state index in [-0.39, 0.29) is 18.6 Å². The third-order valence-corrected chi connectivity index (χ3v) is 2.98. The van der Waals surface area contributed by atoms with Crippen LogP contribution in [0.4, 0.5) is 0 Å². The molecule has 1 amide bonds. The molecule has 2 atom stereocenters. The van der Waals surface area contributed by atoms with E-state index in [1.165, 1.54) is 0 Å². The van der Waals surface area contributed by atoms with Gasteiger partial charge in [-0.2, -0.15) is 0 Å². The summed E-state index contributed by atoms with van der Waals surface area (Å²) in [7, 11) is 1.61. The molecule has 0 saturated carbocycles. The molecule has 1 heterocycles. The molecule has 0 aromatic rings. The summed E-state index contributed by atoms with van der Waals surface area (Å²) in [5.41, 5.74) is 5.81. The number of nitrogens with zero attached hydrogens (tertiary/aromatic N) is 1. The van der Waals surface area contributed by atoms with E-state index in [0.29, 0.717) is 19.1 Å². The van der Waals surface area contributed by atoms with Gasteiger partial charge >= 0.3 is 0 Å². The van der Waals surface area contributed by atoms with E-state index in [0.717, 1.165) is 19.5 Å². The van der Waals surface area contributed by atoms with Crippen LogP contribution < -0.4 is 5.73 Å². The number of amides is 1. The van der Waals surface area contributed by atoms with Gasteiger partial charge in [-0.05, 0) is 19.3 Å². The first-order valence-corrected chi connectivity index (χ1v) is 5.75. The number of hydrogen-bond donors (Lipinski definition) is 1. The maximum absolute atomic E-state index is 11.7. The van der Waals surface area contributed by atoms with E-state index >= 15 is 0 Å². The predicted octanol–water partition coefficient (Wildman–Crippen LogP) is -0.155. The zero-order chi connectivity index (χ0) is 12.0. The molecule has 1 aliphatic heterocycles. The Kier molecular flexibility index (Phi) is 5.73. The van der Waals surface area contributed by atoms with Crippen molar-refractivity contribution in [2.45, 2.75) is 19.4 Å². The molecule has 0 aromatic heterocycles. The molecule has 1 saturated heterocycles. The van der Waals surface area contributed by atoms with Crippen molar-refractivity contribution in [2.75, 3.05) is 40.0 Å². The lowest BCUT2D eigenvalue weighted by atomic mass is 10.0. The zero-order valence-corrected chi connectivity index (χ0v) is 10.1. The number of rotatable bonds is 6. The molecule has 1 fully saturated rings. The topological polar surface area (TPSA) is 64.8 Å². The SMILES string of the molecule is COCCOCC(=O)N1CCC(C(C)N)C1. The summed E-state index contributed by atoms with van der Waals surface area (Å²) in [6, 6.07) is 0.159. The van der Waals surface area contributed by atoms with Crippen molar-refractivity contribution < 1.29 is 14.3 Å². The highest BCUT2D eigenvalue weighted by atomic mass is 16.5. The largest absolute Gasteiger partial charge is 0.382 e. The summed E-state index contributed by atoms with van der Waals surface area (Å²) in [4.78, 5) is 13.5. The van der Waals surface area contributed by atoms with Gasteiger partial charge in [0.25, 0.3) is 0 Å². The molecule has 0 aromatic carbocycles. The number of carbonyl (C=O) groups excluding carboxylic acids is 1. The fourth-order valence-corrected chi connectivity index (χ4v) is 1.84. The number of hydrogen-bond acceptors (Lipinski definition) is 4. The first-order chi connectivity index (χ1) is 7.65. The van der Waals surface area contributed by atoms with Crippen molar-refractivity contribution in [1.29, 1.82) is 0 Å². The Morgan fingerprint density at radius 1 is 1.56 bits per heavy atom. The van der Waals surface area contributed by atoms with Crippen molar-refractivity contribution in [3.63, 3.8) is 0 Å². The molecule has 5 heteroatoms. The summed E-state index contributed by atoms with van der Waals surface area (Å²) in [6.07, 6.45) is 1.00. The molecule has 1 aliphatic rings. The Balaban J connectivity index is 2.18. The van der Waals surface area contributed by atoms with Crippen LogP contribution in [0.15, 0.2) is 0 Å². The van der Waals surface area contributed by atoms with Crippen molar-refractivity contribution in [3.8, 4) is 0 Å². The van der Waals surface area contributed by atoms with Gasteiger partial charge in [0.1, 0.15) is 6.61 Å². The molecule has 2 unspecified atom stereocenters. The third-order valence-electron chi connectivity index (χ3n) is 2.98. The fraction of sp³-hybridized carbons (Fsp3) is 0.909. The molecular formula is C11H22N2O3. The summed E-state index contributed by atoms with van der Waals surface area (Å²) in [5, 5.41) is 0. The second-order valence-corrected chi connectivity index (χ2v) is 4.29. The standard InChI is InChI=1S/C11H22N2O3/c1-9(12)10-3-4-13(7-10)11(14)8-16-6-5-15-2/h9-10H,3-8,12H2,1-2H3. The highest BCUT2D eigenvalue weighted by Gasteiger charge is 2.28. The molecule has 0 aliphatic carbocycles. The number of carbonyl (C=O) groups is 1. The second kappa shape index (κ2) is 6.83. The number of likely N-dealkylation sites (tertiary alicyclic amines) is 1. The normalized spacial score (nSPS) is 22.4. The lowest BCUT2D eigenvalue weighted by molar-refractivity contribution is -0.135. The smallest absolute Gasteiger partial charge is 0.248 e. The Morgan fingerprint density at radius 3 is 2.88 bits per heavy atom. The Bertz CT molecular complexity index is 221. The van der Waals surface area contributed by atoms with Gasteiger partial charge in [0.05, 0.1) is 13.2 Å². The molecule has 0 bridgehead atoms. The van der Waals surface area contributed by atoms with E-state index in [2.05, 4.69) is 0 Å². The average molecular weight is 230 g/mol. The molecule has 94 valence electrons. The Labute approximate surface area is 96.9 Å². The summed E-state index contributed by atoms with van der Waals surface area (Å²) >= 11 is 0. The molecule has 1 rings (SSSR count). The molecule has 0 spiro atoms. The fourth-order valence-electron chi connectivity index (χ4n) is 1.84. The Morgan fingerprint density at radius 2 is 2.31 bits per heavy atom. The number of nitrogens with two attached hydrogens (primary N) is 1. The van der Waals surface area contributed by atoms with Gasteiger partial charge in [-0.1, -0.05) is 0 Å². The van der Waals surface area contributed by atoms with E-state index in [1.54, 1.807) is 7.11 Å². The van der Waals surface area contributed by atoms with Crippen LogP contribution in [0, 0.1) is 5.92 Å². The number of methoxy groups -OCH3 is 1. The minimum Gasteiger partial charge on any atom is -0.382 e. The first-order valence-electron chi connectivity index (χ1n) is 5.75. The quantitative estimate of drug-likeness (QED) is 0.644. The molecule has 2 N–H and O–H groups in total. The van der Waals surface area contributed by atoms with Gasteiger partial charge in [-0.15, -0.1) is 0 Å². The summed E-state index contributed by atoms with van der Waals surface area (Å²) in [5.74, 6) is 0.488. The molecule has 16 heavy (non-hydrogen) atoms. The van der Waals surface area contributed by atoms with Gasteiger partial charge in [-0.25, -0.2) is 0 Å². The molecular weight excluding hydrogens is 208 g/mol. The van der Waals surface area contributed by atoms with Crippen molar-refractivity contribution >= 4 is 5.91 Å². The van der Waals surface area contributed by atoms with Gasteiger partial charge in [0.15, 0.2) is 0 Å². The first kappa shape index (κ1) is 13.4. The van der Waals surface area contributed by atoms with Crippen LogP contribution in [-0.2, 0) is 14.3 Å². The van der Waals surface area contributed by atoms with Crippen LogP contribution in [0.25, 0.3) is 0 Å². The van der Waals surface area contributed by atoms with Crippen LogP contribution in [0.2, 0.25) is 0 Å². The van der Waals surface area contributed by atoms with E-state index < -0.39 is 0 Å². The van der Waals surface area contributed by atoms with Gasteiger partial charge in [0.2, 0.25) is 5.91 Å². The predicted molar refractivity (Wildman–Crippen MR) is 61.0 cm³/mol. The third kappa shape index (κ3) is 4.08. The lowest BCUT2D eigenvalue weighted by Crippen LogP contribution is -2.35. The van der Waals surface area contributed by atoms with Crippen LogP contribution in [-0.4, -0.2) is 56.9 Å². The van der Waals surface area contributed by atoms with Crippen LogP contribution in [0.5, 0.6) is 0 Å². The maximum atomic E-state index is 11.7. The van der Waals surface area contributed by atoms with Crippen LogP contribution >= 0.6 is 0 Å². The highest BCUT2D eigenvalue weighted by Crippen LogP contribution is 2.18. The van der Waals surface area contributed by atoms with Gasteiger partial charge in [0, 0.05) is 26.2 Å². The van der Waals surface area contributed by atoms with Crippen molar-refractivity contribution in [3.05, 3.63) is 0 Å². The van der Waals surface area contributed by atoms with Crippen LogP contribution in [0.1, 0.15) is 13.3 Å². The summed E-state index contributed by atoms with van der Waals surface area (Å²) in [6.45, 7) is 4.70. The minimum atomic E-state index is 0.0549. The maximum Gasteiger partial charge on any atom is 0.248 e. The van der Waals surface area contributed by atoms with Crippen LogP contribution in [0.3, 0.4) is 0 Å². The van der Waals surface area contributed by atoms with E-state index in [1.807, 2.05) is 11.8 Å². The summed E-state index contributed by atoms with van der Waals surface area (Å²) < 4.78 is 10.0. The van der Waals surface area contributed by atoms with E-state index in [4.69, 9.17) is 15.2 Å². The van der Waals surface area contributed by atoms with Gasteiger partial charge < -0.3 is 20.1 Å². The monoisotopic (exact) mass is 230 g/mol. The van der Waals surface area contributed by atoms with E-state index in [9.17, 15) is 4.79 Å². The second-order valence-electron chi connectivity index (χ2n) is 4.29. The molecule has 0 radical (unpaired) electrons. The van der Waals surface area contributed by atoms with Gasteiger partial charge in [-0.3, -0.25) is 4.79 Å². The zero-order valence-electron chi connectivity index (χ0n) is 10.1. The van der Waals surface area contributed by atoms with Crippen molar-refractivity contribution in [1.82, 2.24) is 4.90 Å². The Hall–Kier alpha value is -0.650. The minimum absolute atomic E-state index is 0.0549. The van der Waals surface area contributed by atoms with Crippen molar-refractivity contribution in [2.24, 2.45) is 11.7 Å². The lowest BCUT2D eigenvalue weighted by Gasteiger charge is -2.18. The highest BCUT2D eigenvalue weighted by molar-refractivity contribution is 5.77. The molecule has 5 nitrogen and oxygen atoms in total.